The Bertz CT molecular complexity index is 477. The van der Waals surface area contributed by atoms with Crippen LogP contribution in [-0.2, 0) is 16.0 Å². The Morgan fingerprint density at radius 1 is 1.14 bits per heavy atom. The first-order valence-electron chi connectivity index (χ1n) is 7.54. The summed E-state index contributed by atoms with van der Waals surface area (Å²) in [4.78, 5) is 22.5. The maximum atomic E-state index is 11.5. The van der Waals surface area contributed by atoms with E-state index in [4.69, 9.17) is 5.73 Å². The lowest BCUT2D eigenvalue weighted by Crippen LogP contribution is -2.31. The summed E-state index contributed by atoms with van der Waals surface area (Å²) in [7, 11) is 0. The highest BCUT2D eigenvalue weighted by atomic mass is 16.1. The Kier molecular flexibility index (Phi) is 8.13. The van der Waals surface area contributed by atoms with Crippen molar-refractivity contribution in [2.75, 3.05) is 6.54 Å². The minimum absolute atomic E-state index is 0.0630. The van der Waals surface area contributed by atoms with Gasteiger partial charge in [0.25, 0.3) is 0 Å². The van der Waals surface area contributed by atoms with Gasteiger partial charge in [-0.15, -0.1) is 20.4 Å². The quantitative estimate of drug-likeness (QED) is 0.587. The molecule has 8 heteroatoms. The SMILES string of the molecule is CC(=O)C(N)CCC(=O)NCCCCCc1nnc(C)nn1. The van der Waals surface area contributed by atoms with Crippen LogP contribution in [0.1, 0.15) is 50.7 Å². The Morgan fingerprint density at radius 3 is 2.45 bits per heavy atom. The monoisotopic (exact) mass is 308 g/mol. The first kappa shape index (κ1) is 18.1. The van der Waals surface area contributed by atoms with Gasteiger partial charge >= 0.3 is 0 Å². The number of hydrogen-bond acceptors (Lipinski definition) is 7. The van der Waals surface area contributed by atoms with Crippen molar-refractivity contribution < 1.29 is 9.59 Å². The van der Waals surface area contributed by atoms with Crippen LogP contribution in [-0.4, -0.2) is 44.7 Å². The fourth-order valence-corrected chi connectivity index (χ4v) is 1.79. The van der Waals surface area contributed by atoms with Crippen LogP contribution in [0.5, 0.6) is 0 Å². The number of unbranched alkanes of at least 4 members (excludes halogenated alkanes) is 2. The molecule has 0 spiro atoms. The maximum Gasteiger partial charge on any atom is 0.220 e. The van der Waals surface area contributed by atoms with Gasteiger partial charge in [0.05, 0.1) is 6.04 Å². The number of amides is 1. The zero-order valence-electron chi connectivity index (χ0n) is 13.2. The summed E-state index contributed by atoms with van der Waals surface area (Å²) >= 11 is 0. The maximum absolute atomic E-state index is 11.5. The molecule has 3 N–H and O–H groups in total. The van der Waals surface area contributed by atoms with E-state index in [2.05, 4.69) is 25.7 Å². The second kappa shape index (κ2) is 9.88. The molecular formula is C14H24N6O2. The second-order valence-electron chi connectivity index (χ2n) is 5.28. The molecule has 1 rings (SSSR count). The van der Waals surface area contributed by atoms with Gasteiger partial charge in [0.1, 0.15) is 5.78 Å². The van der Waals surface area contributed by atoms with Gasteiger partial charge in [-0.2, -0.15) is 0 Å². The molecule has 1 aromatic heterocycles. The molecule has 0 aliphatic carbocycles. The lowest BCUT2D eigenvalue weighted by molar-refractivity contribution is -0.121. The molecule has 0 aliphatic rings. The van der Waals surface area contributed by atoms with Crippen LogP contribution in [0, 0.1) is 6.92 Å². The first-order chi connectivity index (χ1) is 10.5. The number of carbonyl (C=O) groups excluding carboxylic acids is 2. The molecule has 0 saturated carbocycles. The minimum atomic E-state index is -0.539. The fraction of sp³-hybridized carbons (Fsp3) is 0.714. The van der Waals surface area contributed by atoms with Gasteiger partial charge in [-0.3, -0.25) is 9.59 Å². The summed E-state index contributed by atoms with van der Waals surface area (Å²) in [5.41, 5.74) is 5.57. The number of nitrogens with zero attached hydrogens (tertiary/aromatic N) is 4. The van der Waals surface area contributed by atoms with Crippen LogP contribution in [0.3, 0.4) is 0 Å². The van der Waals surface area contributed by atoms with E-state index in [0.29, 0.717) is 24.6 Å². The molecule has 1 unspecified atom stereocenters. The van der Waals surface area contributed by atoms with Gasteiger partial charge in [-0.1, -0.05) is 6.42 Å². The standard InChI is InChI=1S/C14H24N6O2/c1-10(21)12(15)7-8-14(22)16-9-5-3-4-6-13-19-17-11(2)18-20-13/h12H,3-9,15H2,1-2H3,(H,16,22). The lowest BCUT2D eigenvalue weighted by atomic mass is 10.1. The Balaban J connectivity index is 2.02. The van der Waals surface area contributed by atoms with Gasteiger partial charge in [-0.05, 0) is 33.1 Å². The zero-order chi connectivity index (χ0) is 16.4. The minimum Gasteiger partial charge on any atom is -0.356 e. The van der Waals surface area contributed by atoms with Crippen molar-refractivity contribution in [1.29, 1.82) is 0 Å². The van der Waals surface area contributed by atoms with Crippen molar-refractivity contribution in [2.45, 2.75) is 58.4 Å². The van der Waals surface area contributed by atoms with Crippen molar-refractivity contribution >= 4 is 11.7 Å². The number of aromatic nitrogens is 4. The van der Waals surface area contributed by atoms with Gasteiger partial charge < -0.3 is 11.1 Å². The van der Waals surface area contributed by atoms with Gasteiger partial charge in [0.2, 0.25) is 5.91 Å². The first-order valence-corrected chi connectivity index (χ1v) is 7.54. The normalized spacial score (nSPS) is 12.0. The van der Waals surface area contributed by atoms with E-state index in [-0.39, 0.29) is 18.1 Å². The third-order valence-electron chi connectivity index (χ3n) is 3.22. The molecule has 1 aromatic rings. The average molecular weight is 308 g/mol. The van der Waals surface area contributed by atoms with Crippen LogP contribution in [0.2, 0.25) is 0 Å². The molecule has 0 bridgehead atoms. The van der Waals surface area contributed by atoms with Crippen molar-refractivity contribution in [1.82, 2.24) is 25.7 Å². The van der Waals surface area contributed by atoms with Crippen molar-refractivity contribution in [3.63, 3.8) is 0 Å². The molecule has 122 valence electrons. The van der Waals surface area contributed by atoms with E-state index in [1.165, 1.54) is 6.92 Å². The van der Waals surface area contributed by atoms with Crippen LogP contribution in [0.4, 0.5) is 0 Å². The van der Waals surface area contributed by atoms with Crippen LogP contribution < -0.4 is 11.1 Å². The third-order valence-corrected chi connectivity index (χ3v) is 3.22. The highest BCUT2D eigenvalue weighted by Gasteiger charge is 2.10. The van der Waals surface area contributed by atoms with Gasteiger partial charge in [0, 0.05) is 19.4 Å². The second-order valence-corrected chi connectivity index (χ2v) is 5.28. The van der Waals surface area contributed by atoms with Crippen molar-refractivity contribution in [3.05, 3.63) is 11.6 Å². The number of Topliss-reactive ketones (excluding diaryl/α,β-unsaturated/α-hetero) is 1. The summed E-state index contributed by atoms with van der Waals surface area (Å²) in [5.74, 6) is 1.06. The summed E-state index contributed by atoms with van der Waals surface area (Å²) < 4.78 is 0. The molecule has 0 saturated heterocycles. The highest BCUT2D eigenvalue weighted by molar-refractivity contribution is 5.82. The number of nitrogens with one attached hydrogen (secondary N) is 1. The smallest absolute Gasteiger partial charge is 0.220 e. The molecule has 8 nitrogen and oxygen atoms in total. The topological polar surface area (TPSA) is 124 Å². The lowest BCUT2D eigenvalue weighted by Gasteiger charge is -2.08. The van der Waals surface area contributed by atoms with Gasteiger partial charge in [0.15, 0.2) is 11.6 Å². The molecule has 22 heavy (non-hydrogen) atoms. The summed E-state index contributed by atoms with van der Waals surface area (Å²) in [6, 6.07) is -0.539. The number of rotatable bonds is 10. The summed E-state index contributed by atoms with van der Waals surface area (Å²) in [5, 5.41) is 18.4. The van der Waals surface area contributed by atoms with E-state index in [9.17, 15) is 9.59 Å². The molecule has 0 radical (unpaired) electrons. The summed E-state index contributed by atoms with van der Waals surface area (Å²) in [6.45, 7) is 3.81. The largest absolute Gasteiger partial charge is 0.356 e. The van der Waals surface area contributed by atoms with Crippen LogP contribution in [0.15, 0.2) is 0 Å². The Hall–Kier alpha value is -1.96. The van der Waals surface area contributed by atoms with Crippen LogP contribution in [0.25, 0.3) is 0 Å². The number of carbonyl (C=O) groups is 2. The van der Waals surface area contributed by atoms with Gasteiger partial charge in [-0.25, -0.2) is 0 Å². The van der Waals surface area contributed by atoms with E-state index in [1.54, 1.807) is 6.92 Å². The fourth-order valence-electron chi connectivity index (χ4n) is 1.79. The molecule has 0 fully saturated rings. The molecule has 1 amide bonds. The molecular weight excluding hydrogens is 284 g/mol. The van der Waals surface area contributed by atoms with Crippen molar-refractivity contribution in [3.8, 4) is 0 Å². The van der Waals surface area contributed by atoms with Crippen LogP contribution >= 0.6 is 0 Å². The molecule has 0 aromatic carbocycles. The van der Waals surface area contributed by atoms with E-state index < -0.39 is 6.04 Å². The zero-order valence-corrected chi connectivity index (χ0v) is 13.2. The number of aryl methyl sites for hydroxylation is 2. The number of ketones is 1. The highest BCUT2D eigenvalue weighted by Crippen LogP contribution is 2.01. The predicted molar refractivity (Wildman–Crippen MR) is 80.8 cm³/mol. The Morgan fingerprint density at radius 2 is 1.82 bits per heavy atom. The van der Waals surface area contributed by atoms with E-state index in [0.717, 1.165) is 25.7 Å². The molecule has 0 aliphatic heterocycles. The number of nitrogens with two attached hydrogens (primary N) is 1. The average Bonchev–Trinajstić information content (AvgIpc) is 2.49. The van der Waals surface area contributed by atoms with E-state index in [1.807, 2.05) is 0 Å². The molecule has 1 atom stereocenters. The third kappa shape index (κ3) is 7.72. The summed E-state index contributed by atoms with van der Waals surface area (Å²) in [6.07, 6.45) is 4.20. The van der Waals surface area contributed by atoms with Crippen molar-refractivity contribution in [2.24, 2.45) is 5.73 Å². The number of hydrogen-bond donors (Lipinski definition) is 2. The molecule has 1 heterocycles. The van der Waals surface area contributed by atoms with E-state index >= 15 is 0 Å². The predicted octanol–water partition coefficient (Wildman–Crippen LogP) is 0.101. The Labute approximate surface area is 130 Å².